The van der Waals surface area contributed by atoms with Crippen molar-refractivity contribution in [3.63, 3.8) is 0 Å². The van der Waals surface area contributed by atoms with Gasteiger partial charge in [-0.3, -0.25) is 4.79 Å². The van der Waals surface area contributed by atoms with Gasteiger partial charge in [0.05, 0.1) is 0 Å². The van der Waals surface area contributed by atoms with Crippen LogP contribution < -0.4 is 11.1 Å². The Hall–Kier alpha value is -1.42. The first-order chi connectivity index (χ1) is 9.08. The predicted octanol–water partition coefficient (Wildman–Crippen LogP) is 3.15. The van der Waals surface area contributed by atoms with E-state index in [0.29, 0.717) is 4.99 Å². The summed E-state index contributed by atoms with van der Waals surface area (Å²) < 4.78 is 0. The van der Waals surface area contributed by atoms with Crippen LogP contribution in [0.5, 0.6) is 0 Å². The summed E-state index contributed by atoms with van der Waals surface area (Å²) in [5.74, 6) is 0.282. The predicted molar refractivity (Wildman–Crippen MR) is 82.3 cm³/mol. The second-order valence-corrected chi connectivity index (χ2v) is 5.66. The minimum absolute atomic E-state index is 0.128. The molecule has 0 aromatic heterocycles. The lowest BCUT2D eigenvalue weighted by atomic mass is 9.88. The zero-order valence-corrected chi connectivity index (χ0v) is 12.1. The maximum Gasteiger partial charge on any atom is 0.227 e. The zero-order chi connectivity index (χ0) is 13.8. The van der Waals surface area contributed by atoms with Crippen LogP contribution in [-0.4, -0.2) is 10.9 Å². The average Bonchev–Trinajstić information content (AvgIpc) is 2.42. The number of nitrogens with two attached hydrogens (primary N) is 1. The third-order valence-corrected chi connectivity index (χ3v) is 3.99. The normalized spacial score (nSPS) is 16.1. The maximum atomic E-state index is 12.2. The Morgan fingerprint density at radius 2 is 2.00 bits per heavy atom. The Bertz CT molecular complexity index is 493. The lowest BCUT2D eigenvalue weighted by Gasteiger charge is -2.21. The molecule has 4 heteroatoms. The first-order valence-electron chi connectivity index (χ1n) is 6.79. The van der Waals surface area contributed by atoms with Crippen LogP contribution in [0.1, 0.15) is 43.2 Å². The Morgan fingerprint density at radius 3 is 2.63 bits per heavy atom. The van der Waals surface area contributed by atoms with Crippen LogP contribution in [0.3, 0.4) is 0 Å². The highest BCUT2D eigenvalue weighted by atomic mass is 32.1. The standard InChI is InChI=1S/C15H20N2OS/c1-10-7-8-12(14(16)19)9-13(10)17-15(18)11-5-3-2-4-6-11/h7-9,11H,2-6H2,1H3,(H2,16,19)(H,17,18). The van der Waals surface area contributed by atoms with Gasteiger partial charge in [-0.25, -0.2) is 0 Å². The van der Waals surface area contributed by atoms with Crippen LogP contribution in [0, 0.1) is 12.8 Å². The van der Waals surface area contributed by atoms with Gasteiger partial charge in [-0.15, -0.1) is 0 Å². The Morgan fingerprint density at radius 1 is 1.32 bits per heavy atom. The van der Waals surface area contributed by atoms with Gasteiger partial charge in [0, 0.05) is 17.2 Å². The van der Waals surface area contributed by atoms with Gasteiger partial charge in [-0.05, 0) is 31.4 Å². The Labute approximate surface area is 119 Å². The first-order valence-corrected chi connectivity index (χ1v) is 7.20. The van der Waals surface area contributed by atoms with Crippen molar-refractivity contribution in [1.29, 1.82) is 0 Å². The highest BCUT2D eigenvalue weighted by Gasteiger charge is 2.21. The van der Waals surface area contributed by atoms with Crippen molar-refractivity contribution < 1.29 is 4.79 Å². The molecular formula is C15H20N2OS. The lowest BCUT2D eigenvalue weighted by molar-refractivity contribution is -0.120. The first kappa shape index (κ1) is 14.0. The van der Waals surface area contributed by atoms with E-state index in [9.17, 15) is 4.79 Å². The van der Waals surface area contributed by atoms with E-state index in [-0.39, 0.29) is 11.8 Å². The van der Waals surface area contributed by atoms with Crippen molar-refractivity contribution in [1.82, 2.24) is 0 Å². The minimum atomic E-state index is 0.128. The lowest BCUT2D eigenvalue weighted by Crippen LogP contribution is -2.25. The van der Waals surface area contributed by atoms with Gasteiger partial charge >= 0.3 is 0 Å². The molecule has 0 aliphatic heterocycles. The quantitative estimate of drug-likeness (QED) is 0.834. The molecule has 0 unspecified atom stereocenters. The SMILES string of the molecule is Cc1ccc(C(N)=S)cc1NC(=O)C1CCCCC1. The molecule has 0 heterocycles. The van der Waals surface area contributed by atoms with E-state index in [2.05, 4.69) is 5.32 Å². The van der Waals surface area contributed by atoms with Gasteiger partial charge in [-0.2, -0.15) is 0 Å². The summed E-state index contributed by atoms with van der Waals surface area (Å²) in [5.41, 5.74) is 8.27. The van der Waals surface area contributed by atoms with Crippen molar-refractivity contribution in [2.24, 2.45) is 11.7 Å². The number of thiocarbonyl (C=S) groups is 1. The summed E-state index contributed by atoms with van der Waals surface area (Å²) in [6.45, 7) is 1.97. The molecule has 19 heavy (non-hydrogen) atoms. The number of carbonyl (C=O) groups excluding carboxylic acids is 1. The fourth-order valence-electron chi connectivity index (χ4n) is 2.51. The van der Waals surface area contributed by atoms with Gasteiger partial charge in [-0.1, -0.05) is 43.6 Å². The van der Waals surface area contributed by atoms with Crippen LogP contribution in [-0.2, 0) is 4.79 Å². The third kappa shape index (κ3) is 3.53. The zero-order valence-electron chi connectivity index (χ0n) is 11.2. The molecule has 1 saturated carbocycles. The fourth-order valence-corrected chi connectivity index (χ4v) is 2.64. The molecular weight excluding hydrogens is 256 g/mol. The van der Waals surface area contributed by atoms with E-state index in [1.165, 1.54) is 6.42 Å². The molecule has 0 atom stereocenters. The maximum absolute atomic E-state index is 12.2. The molecule has 3 nitrogen and oxygen atoms in total. The van der Waals surface area contributed by atoms with Gasteiger partial charge in [0.2, 0.25) is 5.91 Å². The second-order valence-electron chi connectivity index (χ2n) is 5.22. The highest BCUT2D eigenvalue weighted by Crippen LogP contribution is 2.26. The van der Waals surface area contributed by atoms with Gasteiger partial charge in [0.1, 0.15) is 4.99 Å². The van der Waals surface area contributed by atoms with Crippen molar-refractivity contribution >= 4 is 28.8 Å². The molecule has 2 rings (SSSR count). The van der Waals surface area contributed by atoms with Gasteiger partial charge in [0.15, 0.2) is 0 Å². The molecule has 1 fully saturated rings. The van der Waals surface area contributed by atoms with Crippen LogP contribution in [0.4, 0.5) is 5.69 Å². The van der Waals surface area contributed by atoms with E-state index >= 15 is 0 Å². The van der Waals surface area contributed by atoms with Gasteiger partial charge in [0.25, 0.3) is 0 Å². The van der Waals surface area contributed by atoms with E-state index < -0.39 is 0 Å². The molecule has 1 aromatic carbocycles. The number of anilines is 1. The van der Waals surface area contributed by atoms with Crippen molar-refractivity contribution in [2.45, 2.75) is 39.0 Å². The van der Waals surface area contributed by atoms with Crippen LogP contribution >= 0.6 is 12.2 Å². The van der Waals surface area contributed by atoms with Gasteiger partial charge < -0.3 is 11.1 Å². The summed E-state index contributed by atoms with van der Waals surface area (Å²) in [6.07, 6.45) is 5.56. The number of carbonyl (C=O) groups is 1. The molecule has 1 aromatic rings. The van der Waals surface area contributed by atoms with Crippen LogP contribution in [0.25, 0.3) is 0 Å². The molecule has 0 radical (unpaired) electrons. The van der Waals surface area contributed by atoms with Crippen LogP contribution in [0.15, 0.2) is 18.2 Å². The largest absolute Gasteiger partial charge is 0.389 e. The monoisotopic (exact) mass is 276 g/mol. The summed E-state index contributed by atoms with van der Waals surface area (Å²) in [5, 5.41) is 3.02. The number of benzene rings is 1. The number of aryl methyl sites for hydroxylation is 1. The molecule has 3 N–H and O–H groups in total. The topological polar surface area (TPSA) is 55.1 Å². The number of hydrogen-bond donors (Lipinski definition) is 2. The van der Waals surface area contributed by atoms with E-state index in [1.54, 1.807) is 0 Å². The average molecular weight is 276 g/mol. The molecule has 0 saturated heterocycles. The van der Waals surface area contributed by atoms with E-state index in [4.69, 9.17) is 18.0 Å². The summed E-state index contributed by atoms with van der Waals surface area (Å²) >= 11 is 4.97. The summed E-state index contributed by atoms with van der Waals surface area (Å²) in [4.78, 5) is 12.6. The molecule has 102 valence electrons. The smallest absolute Gasteiger partial charge is 0.227 e. The number of rotatable bonds is 3. The molecule has 0 spiro atoms. The molecule has 1 aliphatic carbocycles. The summed E-state index contributed by atoms with van der Waals surface area (Å²) in [7, 11) is 0. The number of nitrogens with one attached hydrogen (secondary N) is 1. The molecule has 1 amide bonds. The van der Waals surface area contributed by atoms with Crippen LogP contribution in [0.2, 0.25) is 0 Å². The second kappa shape index (κ2) is 6.15. The van der Waals surface area contributed by atoms with Crippen molar-refractivity contribution in [3.8, 4) is 0 Å². The fraction of sp³-hybridized carbons (Fsp3) is 0.467. The van der Waals surface area contributed by atoms with Crippen molar-refractivity contribution in [2.75, 3.05) is 5.32 Å². The van der Waals surface area contributed by atoms with Crippen molar-refractivity contribution in [3.05, 3.63) is 29.3 Å². The number of amides is 1. The Balaban J connectivity index is 2.11. The highest BCUT2D eigenvalue weighted by molar-refractivity contribution is 7.80. The molecule has 1 aliphatic rings. The minimum Gasteiger partial charge on any atom is -0.389 e. The number of hydrogen-bond acceptors (Lipinski definition) is 2. The summed E-state index contributed by atoms with van der Waals surface area (Å²) in [6, 6.07) is 5.68. The Kier molecular flexibility index (Phi) is 4.53. The molecule has 0 bridgehead atoms. The third-order valence-electron chi connectivity index (χ3n) is 3.76. The van der Waals surface area contributed by atoms with E-state index in [0.717, 1.165) is 42.5 Å². The van der Waals surface area contributed by atoms with E-state index in [1.807, 2.05) is 25.1 Å².